The van der Waals surface area contributed by atoms with Crippen molar-refractivity contribution >= 4 is 46.8 Å². The Kier molecular flexibility index (Phi) is 8.77. The van der Waals surface area contributed by atoms with Gasteiger partial charge in [-0.15, -0.1) is 0 Å². The highest BCUT2D eigenvalue weighted by molar-refractivity contribution is 6.33. The van der Waals surface area contributed by atoms with Gasteiger partial charge in [0.05, 0.1) is 17.3 Å². The number of benzene rings is 3. The third kappa shape index (κ3) is 6.87. The summed E-state index contributed by atoms with van der Waals surface area (Å²) in [6, 6.07) is 20.0. The smallest absolute Gasteiger partial charge is 0.241 e. The van der Waals surface area contributed by atoms with Crippen molar-refractivity contribution in [2.75, 3.05) is 55.6 Å². The highest BCUT2D eigenvalue weighted by Gasteiger charge is 2.22. The first kappa shape index (κ1) is 26.2. The molecule has 0 unspecified atom stereocenters. The van der Waals surface area contributed by atoms with Gasteiger partial charge in [-0.3, -0.25) is 19.3 Å². The molecule has 1 fully saturated rings. The highest BCUT2D eigenvalue weighted by Crippen LogP contribution is 2.26. The molecule has 2 amide bonds. The monoisotopic (exact) mass is 519 g/mol. The fraction of sp³-hybridized carbons (Fsp3) is 0.250. The number of nitrogens with two attached hydrogens (primary N) is 1. The summed E-state index contributed by atoms with van der Waals surface area (Å²) in [5.41, 5.74) is 9.10. The van der Waals surface area contributed by atoms with E-state index < -0.39 is 0 Å². The van der Waals surface area contributed by atoms with Crippen molar-refractivity contribution in [3.63, 3.8) is 0 Å². The molecule has 4 N–H and O–H groups in total. The lowest BCUT2D eigenvalue weighted by atomic mass is 10.00. The highest BCUT2D eigenvalue weighted by atomic mass is 35.5. The van der Waals surface area contributed by atoms with Crippen LogP contribution in [0.5, 0.6) is 0 Å². The molecule has 8 nitrogen and oxygen atoms in total. The number of ketones is 1. The zero-order valence-electron chi connectivity index (χ0n) is 20.5. The summed E-state index contributed by atoms with van der Waals surface area (Å²) < 4.78 is 0. The Hall–Kier alpha value is -3.88. The van der Waals surface area contributed by atoms with Gasteiger partial charge in [-0.25, -0.2) is 0 Å². The van der Waals surface area contributed by atoms with Crippen molar-refractivity contribution in [3.8, 4) is 0 Å². The average Bonchev–Trinajstić information content (AvgIpc) is 2.93. The number of amides is 2. The van der Waals surface area contributed by atoms with Gasteiger partial charge in [-0.2, -0.15) is 0 Å². The van der Waals surface area contributed by atoms with Crippen LogP contribution in [0.25, 0.3) is 0 Å². The number of nitrogens with one attached hydrogen (secondary N) is 2. The zero-order chi connectivity index (χ0) is 26.2. The first-order chi connectivity index (χ1) is 17.9. The number of nitrogen functional groups attached to an aromatic ring is 1. The minimum absolute atomic E-state index is 0.0352. The number of anilines is 3. The van der Waals surface area contributed by atoms with Gasteiger partial charge in [0.1, 0.15) is 0 Å². The fourth-order valence-corrected chi connectivity index (χ4v) is 4.44. The number of carbonyl (C=O) groups excluding carboxylic acids is 3. The molecular weight excluding hydrogens is 490 g/mol. The van der Waals surface area contributed by atoms with Crippen LogP contribution in [0.2, 0.25) is 5.02 Å². The summed E-state index contributed by atoms with van der Waals surface area (Å²) in [6.07, 6.45) is 1.53. The molecule has 0 spiro atoms. The van der Waals surface area contributed by atoms with Crippen molar-refractivity contribution in [1.29, 1.82) is 0 Å². The Morgan fingerprint density at radius 3 is 2.43 bits per heavy atom. The van der Waals surface area contributed by atoms with E-state index in [1.54, 1.807) is 30.3 Å². The lowest BCUT2D eigenvalue weighted by Crippen LogP contribution is -2.50. The molecule has 192 valence electrons. The van der Waals surface area contributed by atoms with Gasteiger partial charge in [0, 0.05) is 55.2 Å². The van der Waals surface area contributed by atoms with E-state index in [-0.39, 0.29) is 18.2 Å². The molecule has 0 radical (unpaired) electrons. The Bertz CT molecular complexity index is 1260. The SMILES string of the molecule is Nc1cc(C(=O)c2cc(NC=O)ccc2NCC(=O)N2CCN(CCc3ccccc3)CC2)ccc1Cl. The minimum Gasteiger partial charge on any atom is -0.398 e. The van der Waals surface area contributed by atoms with Gasteiger partial charge >= 0.3 is 0 Å². The molecular formula is C28H30ClN5O3. The van der Waals surface area contributed by atoms with E-state index in [0.29, 0.717) is 52.7 Å². The summed E-state index contributed by atoms with van der Waals surface area (Å²) in [7, 11) is 0. The van der Waals surface area contributed by atoms with Crippen LogP contribution in [0.1, 0.15) is 21.5 Å². The van der Waals surface area contributed by atoms with Gasteiger partial charge in [0.15, 0.2) is 5.78 Å². The van der Waals surface area contributed by atoms with Crippen molar-refractivity contribution in [1.82, 2.24) is 9.80 Å². The predicted molar refractivity (Wildman–Crippen MR) is 147 cm³/mol. The predicted octanol–water partition coefficient (Wildman–Crippen LogP) is 3.52. The van der Waals surface area contributed by atoms with Crippen LogP contribution in [0.3, 0.4) is 0 Å². The maximum atomic E-state index is 13.3. The molecule has 0 aliphatic carbocycles. The lowest BCUT2D eigenvalue weighted by Gasteiger charge is -2.35. The maximum Gasteiger partial charge on any atom is 0.241 e. The van der Waals surface area contributed by atoms with E-state index in [1.165, 1.54) is 11.6 Å². The summed E-state index contributed by atoms with van der Waals surface area (Å²) in [4.78, 5) is 41.3. The van der Waals surface area contributed by atoms with Crippen molar-refractivity contribution in [3.05, 3.63) is 88.4 Å². The van der Waals surface area contributed by atoms with Gasteiger partial charge < -0.3 is 21.3 Å². The quantitative estimate of drug-likeness (QED) is 0.215. The molecule has 0 aromatic heterocycles. The van der Waals surface area contributed by atoms with Gasteiger partial charge in [-0.1, -0.05) is 41.9 Å². The summed E-state index contributed by atoms with van der Waals surface area (Å²) >= 11 is 6.00. The second-order valence-corrected chi connectivity index (χ2v) is 9.31. The van der Waals surface area contributed by atoms with Crippen LogP contribution in [0.4, 0.5) is 17.1 Å². The Labute approximate surface area is 221 Å². The molecule has 4 rings (SSSR count). The number of rotatable bonds is 10. The largest absolute Gasteiger partial charge is 0.398 e. The van der Waals surface area contributed by atoms with Crippen LogP contribution < -0.4 is 16.4 Å². The number of halogens is 1. The van der Waals surface area contributed by atoms with E-state index in [2.05, 4.69) is 39.8 Å². The van der Waals surface area contributed by atoms with Crippen LogP contribution in [-0.4, -0.2) is 67.2 Å². The Morgan fingerprint density at radius 2 is 1.73 bits per heavy atom. The van der Waals surface area contributed by atoms with Crippen LogP contribution >= 0.6 is 11.6 Å². The Morgan fingerprint density at radius 1 is 0.973 bits per heavy atom. The molecule has 3 aromatic carbocycles. The second-order valence-electron chi connectivity index (χ2n) is 8.90. The van der Waals surface area contributed by atoms with Gasteiger partial charge in [-0.05, 0) is 48.4 Å². The summed E-state index contributed by atoms with van der Waals surface area (Å²) in [5, 5.41) is 6.03. The number of piperazine rings is 1. The Balaban J connectivity index is 1.37. The fourth-order valence-electron chi connectivity index (χ4n) is 4.32. The van der Waals surface area contributed by atoms with E-state index in [0.717, 1.165) is 26.1 Å². The van der Waals surface area contributed by atoms with Crippen LogP contribution in [0.15, 0.2) is 66.7 Å². The summed E-state index contributed by atoms with van der Waals surface area (Å²) in [6.45, 7) is 3.99. The van der Waals surface area contributed by atoms with Crippen LogP contribution in [-0.2, 0) is 16.0 Å². The second kappa shape index (κ2) is 12.4. The molecule has 1 aliphatic rings. The van der Waals surface area contributed by atoms with Crippen molar-refractivity contribution in [2.45, 2.75) is 6.42 Å². The molecule has 37 heavy (non-hydrogen) atoms. The lowest BCUT2D eigenvalue weighted by molar-refractivity contribution is -0.131. The van der Waals surface area contributed by atoms with E-state index >= 15 is 0 Å². The molecule has 1 aliphatic heterocycles. The van der Waals surface area contributed by atoms with E-state index in [4.69, 9.17) is 17.3 Å². The maximum absolute atomic E-state index is 13.3. The number of carbonyl (C=O) groups is 3. The average molecular weight is 520 g/mol. The van der Waals surface area contributed by atoms with Gasteiger partial charge in [0.2, 0.25) is 12.3 Å². The normalized spacial score (nSPS) is 13.7. The standard InChI is InChI=1S/C28H30ClN5O3/c29-24-8-6-21(16-25(24)30)28(37)23-17-22(32-19-35)7-9-26(23)31-18-27(36)34-14-12-33(13-15-34)11-10-20-4-2-1-3-5-20/h1-9,16-17,19,31H,10-15,18,30H2,(H,32,35). The zero-order valence-corrected chi connectivity index (χ0v) is 21.2. The molecule has 0 bridgehead atoms. The van der Waals surface area contributed by atoms with Crippen molar-refractivity contribution in [2.24, 2.45) is 0 Å². The first-order valence-corrected chi connectivity index (χ1v) is 12.5. The topological polar surface area (TPSA) is 108 Å². The number of hydrogen-bond donors (Lipinski definition) is 3. The molecule has 1 saturated heterocycles. The van der Waals surface area contributed by atoms with Gasteiger partial charge in [0.25, 0.3) is 0 Å². The molecule has 0 saturated carbocycles. The van der Waals surface area contributed by atoms with E-state index in [9.17, 15) is 14.4 Å². The number of nitrogens with zero attached hydrogens (tertiary/aromatic N) is 2. The minimum atomic E-state index is -0.306. The van der Waals surface area contributed by atoms with E-state index in [1.807, 2.05) is 11.0 Å². The number of hydrogen-bond acceptors (Lipinski definition) is 6. The van der Waals surface area contributed by atoms with Crippen LogP contribution in [0, 0.1) is 0 Å². The third-order valence-corrected chi connectivity index (χ3v) is 6.81. The molecule has 1 heterocycles. The third-order valence-electron chi connectivity index (χ3n) is 6.46. The summed E-state index contributed by atoms with van der Waals surface area (Å²) in [5.74, 6) is -0.341. The first-order valence-electron chi connectivity index (χ1n) is 12.2. The molecule has 3 aromatic rings. The van der Waals surface area contributed by atoms with Crippen molar-refractivity contribution < 1.29 is 14.4 Å². The molecule has 0 atom stereocenters. The molecule has 9 heteroatoms.